The third-order valence-corrected chi connectivity index (χ3v) is 3.73. The van der Waals surface area contributed by atoms with Gasteiger partial charge >= 0.3 is 0 Å². The van der Waals surface area contributed by atoms with E-state index in [0.717, 1.165) is 18.2 Å². The predicted octanol–water partition coefficient (Wildman–Crippen LogP) is -0.0499. The standard InChI is InChI=1S/C10H14FN3O3S/c1-6(4-10(13)15)14-18(16,17)7-2-3-8(11)9(12)5-7/h2-3,5-6,14H,4,12H2,1H3,(H2,13,15). The van der Waals surface area contributed by atoms with Crippen LogP contribution in [0, 0.1) is 5.82 Å². The number of carbonyl (C=O) groups excluding carboxylic acids is 1. The summed E-state index contributed by atoms with van der Waals surface area (Å²) in [6, 6.07) is 2.40. The van der Waals surface area contributed by atoms with Crippen LogP contribution in [0.1, 0.15) is 13.3 Å². The number of benzene rings is 1. The Balaban J connectivity index is 2.92. The molecule has 1 aromatic rings. The van der Waals surface area contributed by atoms with Crippen molar-refractivity contribution in [2.45, 2.75) is 24.3 Å². The highest BCUT2D eigenvalue weighted by Crippen LogP contribution is 2.16. The summed E-state index contributed by atoms with van der Waals surface area (Å²) in [5, 5.41) is 0. The first kappa shape index (κ1) is 14.4. The van der Waals surface area contributed by atoms with Gasteiger partial charge in [-0.05, 0) is 25.1 Å². The highest BCUT2D eigenvalue weighted by molar-refractivity contribution is 7.89. The fraction of sp³-hybridized carbons (Fsp3) is 0.300. The van der Waals surface area contributed by atoms with Crippen molar-refractivity contribution in [2.24, 2.45) is 5.73 Å². The number of sulfonamides is 1. The van der Waals surface area contributed by atoms with E-state index in [0.29, 0.717) is 0 Å². The molecule has 0 bridgehead atoms. The summed E-state index contributed by atoms with van der Waals surface area (Å²) >= 11 is 0. The molecule has 100 valence electrons. The van der Waals surface area contributed by atoms with Gasteiger partial charge < -0.3 is 11.5 Å². The Bertz CT molecular complexity index is 559. The Labute approximate surface area is 104 Å². The number of carbonyl (C=O) groups is 1. The van der Waals surface area contributed by atoms with E-state index in [1.807, 2.05) is 0 Å². The summed E-state index contributed by atoms with van der Waals surface area (Å²) in [7, 11) is -3.85. The summed E-state index contributed by atoms with van der Waals surface area (Å²) < 4.78 is 38.9. The minimum atomic E-state index is -3.85. The molecule has 0 aliphatic heterocycles. The summed E-state index contributed by atoms with van der Waals surface area (Å²) in [5.74, 6) is -1.32. The van der Waals surface area contributed by atoms with Crippen LogP contribution in [0.25, 0.3) is 0 Å². The van der Waals surface area contributed by atoms with Crippen LogP contribution in [0.2, 0.25) is 0 Å². The maximum absolute atomic E-state index is 12.9. The van der Waals surface area contributed by atoms with Gasteiger partial charge in [-0.1, -0.05) is 0 Å². The third-order valence-electron chi connectivity index (χ3n) is 2.14. The molecule has 0 aliphatic carbocycles. The second-order valence-electron chi connectivity index (χ2n) is 3.88. The Morgan fingerprint density at radius 1 is 1.50 bits per heavy atom. The SMILES string of the molecule is CC(CC(N)=O)NS(=O)(=O)c1ccc(F)c(N)c1. The molecule has 18 heavy (non-hydrogen) atoms. The van der Waals surface area contributed by atoms with Gasteiger partial charge in [0.15, 0.2) is 0 Å². The van der Waals surface area contributed by atoms with Crippen LogP contribution in [0.4, 0.5) is 10.1 Å². The van der Waals surface area contributed by atoms with Crippen molar-refractivity contribution in [3.63, 3.8) is 0 Å². The Hall–Kier alpha value is -1.67. The number of amides is 1. The topological polar surface area (TPSA) is 115 Å². The Kier molecular flexibility index (Phi) is 4.25. The maximum Gasteiger partial charge on any atom is 0.240 e. The zero-order chi connectivity index (χ0) is 13.9. The molecule has 1 rings (SSSR count). The number of rotatable bonds is 5. The lowest BCUT2D eigenvalue weighted by molar-refractivity contribution is -0.118. The maximum atomic E-state index is 12.9. The number of anilines is 1. The largest absolute Gasteiger partial charge is 0.396 e. The number of hydrogen-bond acceptors (Lipinski definition) is 4. The Morgan fingerprint density at radius 2 is 2.11 bits per heavy atom. The van der Waals surface area contributed by atoms with Crippen LogP contribution in [-0.2, 0) is 14.8 Å². The van der Waals surface area contributed by atoms with Crippen molar-refractivity contribution in [1.82, 2.24) is 4.72 Å². The zero-order valence-corrected chi connectivity index (χ0v) is 10.5. The molecule has 0 radical (unpaired) electrons. The zero-order valence-electron chi connectivity index (χ0n) is 9.68. The minimum absolute atomic E-state index is 0.129. The molecule has 0 saturated heterocycles. The van der Waals surface area contributed by atoms with Crippen LogP contribution < -0.4 is 16.2 Å². The minimum Gasteiger partial charge on any atom is -0.396 e. The first-order chi connectivity index (χ1) is 8.22. The molecule has 0 heterocycles. The predicted molar refractivity (Wildman–Crippen MR) is 64.4 cm³/mol. The molecular weight excluding hydrogens is 261 g/mol. The molecule has 1 unspecified atom stereocenters. The quantitative estimate of drug-likeness (QED) is 0.653. The first-order valence-corrected chi connectivity index (χ1v) is 6.56. The van der Waals surface area contributed by atoms with Crippen LogP contribution >= 0.6 is 0 Å². The van der Waals surface area contributed by atoms with Crippen molar-refractivity contribution in [1.29, 1.82) is 0 Å². The number of nitrogens with two attached hydrogens (primary N) is 2. The van der Waals surface area contributed by atoms with E-state index in [9.17, 15) is 17.6 Å². The number of hydrogen-bond donors (Lipinski definition) is 3. The normalized spacial score (nSPS) is 13.2. The average Bonchev–Trinajstić information content (AvgIpc) is 2.19. The van der Waals surface area contributed by atoms with Gasteiger partial charge in [-0.15, -0.1) is 0 Å². The Morgan fingerprint density at radius 3 is 2.61 bits per heavy atom. The van der Waals surface area contributed by atoms with E-state index in [1.165, 1.54) is 6.92 Å². The van der Waals surface area contributed by atoms with Gasteiger partial charge in [0.2, 0.25) is 15.9 Å². The van der Waals surface area contributed by atoms with Crippen molar-refractivity contribution in [3.8, 4) is 0 Å². The number of halogens is 1. The second-order valence-corrected chi connectivity index (χ2v) is 5.59. The van der Waals surface area contributed by atoms with Gasteiger partial charge in [0.1, 0.15) is 5.82 Å². The van der Waals surface area contributed by atoms with E-state index >= 15 is 0 Å². The summed E-state index contributed by atoms with van der Waals surface area (Å²) in [5.41, 5.74) is 9.98. The molecule has 1 atom stereocenters. The second kappa shape index (κ2) is 5.32. The molecule has 0 aliphatic rings. The molecule has 0 aromatic heterocycles. The molecule has 0 saturated carbocycles. The summed E-state index contributed by atoms with van der Waals surface area (Å²) in [6.07, 6.45) is -0.129. The van der Waals surface area contributed by atoms with Crippen LogP contribution in [-0.4, -0.2) is 20.4 Å². The molecule has 1 amide bonds. The fourth-order valence-corrected chi connectivity index (χ4v) is 2.64. The van der Waals surface area contributed by atoms with E-state index in [1.54, 1.807) is 0 Å². The van der Waals surface area contributed by atoms with Gasteiger partial charge in [0.05, 0.1) is 10.6 Å². The van der Waals surface area contributed by atoms with Gasteiger partial charge in [-0.2, -0.15) is 0 Å². The van der Waals surface area contributed by atoms with Crippen LogP contribution in [0.15, 0.2) is 23.1 Å². The lowest BCUT2D eigenvalue weighted by Crippen LogP contribution is -2.35. The van der Waals surface area contributed by atoms with Crippen LogP contribution in [0.5, 0.6) is 0 Å². The summed E-state index contributed by atoms with van der Waals surface area (Å²) in [6.45, 7) is 1.50. The molecular formula is C10H14FN3O3S. The highest BCUT2D eigenvalue weighted by Gasteiger charge is 2.19. The number of primary amides is 1. The van der Waals surface area contributed by atoms with Crippen LogP contribution in [0.3, 0.4) is 0 Å². The molecule has 1 aromatic carbocycles. The molecule has 8 heteroatoms. The molecule has 0 spiro atoms. The molecule has 0 fully saturated rings. The van der Waals surface area contributed by atoms with Crippen molar-refractivity contribution >= 4 is 21.6 Å². The highest BCUT2D eigenvalue weighted by atomic mass is 32.2. The number of nitrogens with one attached hydrogen (secondary N) is 1. The van der Waals surface area contributed by atoms with Gasteiger partial charge in [-0.3, -0.25) is 4.79 Å². The third kappa shape index (κ3) is 3.67. The fourth-order valence-electron chi connectivity index (χ4n) is 1.37. The van der Waals surface area contributed by atoms with Gasteiger partial charge in [-0.25, -0.2) is 17.5 Å². The summed E-state index contributed by atoms with van der Waals surface area (Å²) in [4.78, 5) is 10.5. The van der Waals surface area contributed by atoms with E-state index in [4.69, 9.17) is 11.5 Å². The smallest absolute Gasteiger partial charge is 0.240 e. The lowest BCUT2D eigenvalue weighted by Gasteiger charge is -2.12. The van der Waals surface area contributed by atoms with Crippen molar-refractivity contribution < 1.29 is 17.6 Å². The van der Waals surface area contributed by atoms with Crippen molar-refractivity contribution in [3.05, 3.63) is 24.0 Å². The van der Waals surface area contributed by atoms with Gasteiger partial charge in [0, 0.05) is 12.5 Å². The average molecular weight is 275 g/mol. The lowest BCUT2D eigenvalue weighted by atomic mass is 10.2. The monoisotopic (exact) mass is 275 g/mol. The number of nitrogen functional groups attached to an aromatic ring is 1. The molecule has 6 nitrogen and oxygen atoms in total. The van der Waals surface area contributed by atoms with E-state index in [2.05, 4.69) is 4.72 Å². The first-order valence-electron chi connectivity index (χ1n) is 5.08. The van der Waals surface area contributed by atoms with Crippen molar-refractivity contribution in [2.75, 3.05) is 5.73 Å². The molecule has 5 N–H and O–H groups in total. The van der Waals surface area contributed by atoms with E-state index < -0.39 is 27.8 Å². The van der Waals surface area contributed by atoms with Gasteiger partial charge in [0.25, 0.3) is 0 Å². The van der Waals surface area contributed by atoms with E-state index in [-0.39, 0.29) is 17.0 Å².